The lowest BCUT2D eigenvalue weighted by molar-refractivity contribution is 0.137. The monoisotopic (exact) mass is 211 g/mol. The molecule has 1 heterocycles. The normalized spacial score (nSPS) is 23.7. The Morgan fingerprint density at radius 1 is 1.43 bits per heavy atom. The summed E-state index contributed by atoms with van der Waals surface area (Å²) in [6, 6.07) is 7.64. The third kappa shape index (κ3) is 1.92. The van der Waals surface area contributed by atoms with Crippen LogP contribution in [-0.4, -0.2) is 17.7 Å². The maximum atomic E-state index is 10.1. The molecule has 0 saturated carbocycles. The van der Waals surface area contributed by atoms with Crippen LogP contribution < -0.4 is 5.32 Å². The predicted octanol–water partition coefficient (Wildman–Crippen LogP) is 2.13. The molecule has 2 rings (SSSR count). The molecule has 1 aromatic carbocycles. The van der Waals surface area contributed by atoms with E-state index in [0.29, 0.717) is 5.02 Å². The van der Waals surface area contributed by atoms with Gasteiger partial charge in [-0.25, -0.2) is 0 Å². The summed E-state index contributed by atoms with van der Waals surface area (Å²) in [7, 11) is 0. The highest BCUT2D eigenvalue weighted by atomic mass is 35.5. The second-order valence-corrected chi connectivity index (χ2v) is 4.08. The van der Waals surface area contributed by atoms with E-state index in [0.717, 1.165) is 24.9 Å². The number of benzene rings is 1. The lowest BCUT2D eigenvalue weighted by Crippen LogP contribution is -2.28. The van der Waals surface area contributed by atoms with Gasteiger partial charge in [-0.05, 0) is 25.5 Å². The summed E-state index contributed by atoms with van der Waals surface area (Å²) in [6.45, 7) is 0.992. The van der Waals surface area contributed by atoms with Gasteiger partial charge in [0.2, 0.25) is 0 Å². The molecule has 0 amide bonds. The van der Waals surface area contributed by atoms with Crippen LogP contribution in [0.5, 0.6) is 0 Å². The number of hydrogen-bond acceptors (Lipinski definition) is 2. The molecule has 1 aromatic rings. The van der Waals surface area contributed by atoms with Gasteiger partial charge in [0.05, 0.1) is 6.10 Å². The molecule has 0 radical (unpaired) electrons. The Labute approximate surface area is 88.9 Å². The summed E-state index contributed by atoms with van der Waals surface area (Å²) in [5.41, 5.74) is 0.827. The molecular weight excluding hydrogens is 198 g/mol. The van der Waals surface area contributed by atoms with E-state index in [9.17, 15) is 5.11 Å². The van der Waals surface area contributed by atoms with Crippen LogP contribution in [0.1, 0.15) is 24.5 Å². The fourth-order valence-corrected chi connectivity index (χ4v) is 2.16. The van der Waals surface area contributed by atoms with Gasteiger partial charge in [0, 0.05) is 16.6 Å². The summed E-state index contributed by atoms with van der Waals surface area (Å²) in [6.07, 6.45) is 1.67. The molecule has 0 aromatic heterocycles. The zero-order valence-electron chi connectivity index (χ0n) is 7.91. The lowest BCUT2D eigenvalue weighted by Gasteiger charge is -2.19. The highest BCUT2D eigenvalue weighted by Crippen LogP contribution is 2.28. The Kier molecular flexibility index (Phi) is 3.06. The molecule has 0 aliphatic carbocycles. The SMILES string of the molecule is OC(c1ccccc1Cl)C1CCCN1. The topological polar surface area (TPSA) is 32.3 Å². The molecule has 2 atom stereocenters. The third-order valence-corrected chi connectivity index (χ3v) is 3.05. The minimum Gasteiger partial charge on any atom is -0.387 e. The fourth-order valence-electron chi connectivity index (χ4n) is 1.91. The van der Waals surface area contributed by atoms with Crippen LogP contribution in [-0.2, 0) is 0 Å². The first-order chi connectivity index (χ1) is 6.79. The van der Waals surface area contributed by atoms with Gasteiger partial charge in [-0.15, -0.1) is 0 Å². The van der Waals surface area contributed by atoms with Crippen molar-refractivity contribution in [3.05, 3.63) is 34.9 Å². The van der Waals surface area contributed by atoms with Gasteiger partial charge >= 0.3 is 0 Å². The van der Waals surface area contributed by atoms with Crippen molar-refractivity contribution in [2.24, 2.45) is 0 Å². The van der Waals surface area contributed by atoms with Crippen molar-refractivity contribution in [3.8, 4) is 0 Å². The Morgan fingerprint density at radius 3 is 2.86 bits per heavy atom. The van der Waals surface area contributed by atoms with Crippen molar-refractivity contribution in [2.75, 3.05) is 6.54 Å². The van der Waals surface area contributed by atoms with Crippen LogP contribution >= 0.6 is 11.6 Å². The fraction of sp³-hybridized carbons (Fsp3) is 0.455. The highest BCUT2D eigenvalue weighted by molar-refractivity contribution is 6.31. The van der Waals surface area contributed by atoms with E-state index in [2.05, 4.69) is 5.32 Å². The number of rotatable bonds is 2. The van der Waals surface area contributed by atoms with Gasteiger partial charge in [-0.1, -0.05) is 29.8 Å². The van der Waals surface area contributed by atoms with Gasteiger partial charge in [-0.2, -0.15) is 0 Å². The summed E-state index contributed by atoms with van der Waals surface area (Å²) in [4.78, 5) is 0. The van der Waals surface area contributed by atoms with Crippen LogP contribution in [0.15, 0.2) is 24.3 Å². The molecule has 1 aliphatic rings. The molecule has 2 nitrogen and oxygen atoms in total. The molecule has 2 unspecified atom stereocenters. The average Bonchev–Trinajstić information content (AvgIpc) is 2.70. The number of hydrogen-bond donors (Lipinski definition) is 2. The van der Waals surface area contributed by atoms with Crippen LogP contribution in [0.25, 0.3) is 0 Å². The lowest BCUT2D eigenvalue weighted by atomic mass is 10.0. The molecular formula is C11H14ClNO. The molecule has 1 saturated heterocycles. The van der Waals surface area contributed by atoms with E-state index in [1.54, 1.807) is 0 Å². The first kappa shape index (κ1) is 9.97. The smallest absolute Gasteiger partial charge is 0.0957 e. The maximum Gasteiger partial charge on any atom is 0.0957 e. The van der Waals surface area contributed by atoms with E-state index in [-0.39, 0.29) is 6.04 Å². The molecule has 0 spiro atoms. The predicted molar refractivity (Wildman–Crippen MR) is 57.4 cm³/mol. The number of aliphatic hydroxyl groups excluding tert-OH is 1. The van der Waals surface area contributed by atoms with E-state index >= 15 is 0 Å². The Bertz CT molecular complexity index is 310. The van der Waals surface area contributed by atoms with Gasteiger partial charge in [0.15, 0.2) is 0 Å². The molecule has 2 N–H and O–H groups in total. The molecule has 1 fully saturated rings. The van der Waals surface area contributed by atoms with E-state index < -0.39 is 6.10 Å². The van der Waals surface area contributed by atoms with Gasteiger partial charge in [0.1, 0.15) is 0 Å². The standard InChI is InChI=1S/C11H14ClNO/c12-9-5-2-1-4-8(9)11(14)10-6-3-7-13-10/h1-2,4-5,10-11,13-14H,3,6-7H2. The Balaban J connectivity index is 2.17. The van der Waals surface area contributed by atoms with Crippen molar-refractivity contribution in [3.63, 3.8) is 0 Å². The second-order valence-electron chi connectivity index (χ2n) is 3.67. The number of nitrogens with one attached hydrogen (secondary N) is 1. The first-order valence-corrected chi connectivity index (χ1v) is 5.32. The minimum atomic E-state index is -0.480. The van der Waals surface area contributed by atoms with Gasteiger partial charge in [0.25, 0.3) is 0 Å². The van der Waals surface area contributed by atoms with E-state index in [1.165, 1.54) is 0 Å². The minimum absolute atomic E-state index is 0.162. The molecule has 76 valence electrons. The average molecular weight is 212 g/mol. The zero-order chi connectivity index (χ0) is 9.97. The summed E-state index contributed by atoms with van der Waals surface area (Å²) in [5.74, 6) is 0. The third-order valence-electron chi connectivity index (χ3n) is 2.70. The van der Waals surface area contributed by atoms with Crippen molar-refractivity contribution in [2.45, 2.75) is 25.0 Å². The second kappa shape index (κ2) is 4.30. The van der Waals surface area contributed by atoms with Crippen molar-refractivity contribution in [1.82, 2.24) is 5.32 Å². The number of aliphatic hydroxyl groups is 1. The molecule has 0 bridgehead atoms. The van der Waals surface area contributed by atoms with Crippen LogP contribution in [0, 0.1) is 0 Å². The molecule has 14 heavy (non-hydrogen) atoms. The van der Waals surface area contributed by atoms with E-state index in [1.807, 2.05) is 24.3 Å². The summed E-state index contributed by atoms with van der Waals surface area (Å²) >= 11 is 6.01. The first-order valence-electron chi connectivity index (χ1n) is 4.95. The summed E-state index contributed by atoms with van der Waals surface area (Å²) in [5, 5.41) is 14.0. The van der Waals surface area contributed by atoms with Crippen molar-refractivity contribution >= 4 is 11.6 Å². The summed E-state index contributed by atoms with van der Waals surface area (Å²) < 4.78 is 0. The largest absolute Gasteiger partial charge is 0.387 e. The van der Waals surface area contributed by atoms with Gasteiger partial charge < -0.3 is 10.4 Å². The van der Waals surface area contributed by atoms with Crippen molar-refractivity contribution in [1.29, 1.82) is 0 Å². The van der Waals surface area contributed by atoms with Crippen LogP contribution in [0.3, 0.4) is 0 Å². The highest BCUT2D eigenvalue weighted by Gasteiger charge is 2.24. The van der Waals surface area contributed by atoms with E-state index in [4.69, 9.17) is 11.6 Å². The molecule has 1 aliphatic heterocycles. The number of halogens is 1. The van der Waals surface area contributed by atoms with Crippen LogP contribution in [0.4, 0.5) is 0 Å². The van der Waals surface area contributed by atoms with Crippen molar-refractivity contribution < 1.29 is 5.11 Å². The zero-order valence-corrected chi connectivity index (χ0v) is 8.67. The maximum absolute atomic E-state index is 10.1. The Hall–Kier alpha value is -0.570. The van der Waals surface area contributed by atoms with Crippen LogP contribution in [0.2, 0.25) is 5.02 Å². The molecule has 3 heteroatoms. The van der Waals surface area contributed by atoms with Gasteiger partial charge in [-0.3, -0.25) is 0 Å². The Morgan fingerprint density at radius 2 is 2.21 bits per heavy atom. The quantitative estimate of drug-likeness (QED) is 0.786.